The molecular weight excluding hydrogens is 228 g/mol. The van der Waals surface area contributed by atoms with Gasteiger partial charge >= 0.3 is 0 Å². The number of para-hydroxylation sites is 1. The number of aromatic amines is 1. The number of ketones is 1. The van der Waals surface area contributed by atoms with Gasteiger partial charge in [0.2, 0.25) is 5.78 Å². The van der Waals surface area contributed by atoms with E-state index in [0.29, 0.717) is 17.0 Å². The molecule has 4 nitrogen and oxygen atoms in total. The zero-order chi connectivity index (χ0) is 12.5. The molecule has 1 aliphatic heterocycles. The smallest absolute Gasteiger partial charge is 0.211 e. The van der Waals surface area contributed by atoms with Gasteiger partial charge in [0.15, 0.2) is 6.29 Å². The lowest BCUT2D eigenvalue weighted by atomic mass is 10.1. The highest BCUT2D eigenvalue weighted by Gasteiger charge is 2.23. The van der Waals surface area contributed by atoms with Gasteiger partial charge in [-0.05, 0) is 30.3 Å². The number of aldehydes is 1. The Labute approximate surface area is 103 Å². The Morgan fingerprint density at radius 1 is 1.00 bits per heavy atom. The first-order valence-electron chi connectivity index (χ1n) is 5.54. The van der Waals surface area contributed by atoms with Crippen LogP contribution in [0.15, 0.2) is 42.1 Å². The number of carbonyl (C=O) groups excluding carboxylic acids is 2. The molecule has 18 heavy (non-hydrogen) atoms. The molecule has 0 saturated carbocycles. The quantitative estimate of drug-likeness (QED) is 0.624. The molecule has 2 heterocycles. The molecule has 0 radical (unpaired) electrons. The molecule has 0 spiro atoms. The van der Waals surface area contributed by atoms with E-state index in [-0.39, 0.29) is 5.78 Å². The Morgan fingerprint density at radius 3 is 2.50 bits per heavy atom. The summed E-state index contributed by atoms with van der Waals surface area (Å²) in [6, 6.07) is 10.8. The van der Waals surface area contributed by atoms with Crippen molar-refractivity contribution in [3.05, 3.63) is 59.0 Å². The first-order valence-corrected chi connectivity index (χ1v) is 5.54. The maximum absolute atomic E-state index is 12.1. The topological polar surface area (TPSA) is 62.0 Å². The standard InChI is InChI=1S/C14H10N2O2/c17-8-10-6-5-9(15-10)7-13-14(18)11-3-1-2-4-12(11)16-13/h1-8,15-16H/b13-7+. The molecule has 0 fully saturated rings. The second-order valence-corrected chi connectivity index (χ2v) is 4.04. The number of allylic oxidation sites excluding steroid dienone is 1. The molecule has 0 saturated heterocycles. The van der Waals surface area contributed by atoms with E-state index in [1.807, 2.05) is 18.2 Å². The van der Waals surface area contributed by atoms with E-state index in [4.69, 9.17) is 0 Å². The van der Waals surface area contributed by atoms with Crippen molar-refractivity contribution in [1.29, 1.82) is 0 Å². The molecular formula is C14H10N2O2. The SMILES string of the molecule is O=Cc1ccc(/C=C2/Nc3ccccc3C2=O)[nH]1. The number of fused-ring (bicyclic) bond motifs is 1. The number of nitrogens with one attached hydrogen (secondary N) is 2. The molecule has 0 atom stereocenters. The molecule has 0 amide bonds. The Balaban J connectivity index is 1.96. The van der Waals surface area contributed by atoms with E-state index in [0.717, 1.165) is 17.7 Å². The van der Waals surface area contributed by atoms with Crippen molar-refractivity contribution in [2.24, 2.45) is 0 Å². The summed E-state index contributed by atoms with van der Waals surface area (Å²) in [6.45, 7) is 0. The minimum Gasteiger partial charge on any atom is -0.353 e. The van der Waals surface area contributed by atoms with Crippen LogP contribution < -0.4 is 5.32 Å². The van der Waals surface area contributed by atoms with Gasteiger partial charge in [-0.2, -0.15) is 0 Å². The summed E-state index contributed by atoms with van der Waals surface area (Å²) in [5.41, 5.74) is 3.21. The molecule has 4 heteroatoms. The van der Waals surface area contributed by atoms with Crippen LogP contribution in [0.25, 0.3) is 6.08 Å². The Morgan fingerprint density at radius 2 is 1.78 bits per heavy atom. The minimum absolute atomic E-state index is 0.0344. The van der Waals surface area contributed by atoms with Crippen molar-refractivity contribution in [2.75, 3.05) is 5.32 Å². The van der Waals surface area contributed by atoms with Crippen LogP contribution in [-0.2, 0) is 0 Å². The van der Waals surface area contributed by atoms with E-state index in [1.54, 1.807) is 24.3 Å². The van der Waals surface area contributed by atoms with Crippen LogP contribution >= 0.6 is 0 Å². The Hall–Kier alpha value is -2.62. The van der Waals surface area contributed by atoms with Gasteiger partial charge in [-0.1, -0.05) is 12.1 Å². The second kappa shape index (κ2) is 4.00. The first kappa shape index (κ1) is 10.5. The largest absolute Gasteiger partial charge is 0.353 e. The fourth-order valence-corrected chi connectivity index (χ4v) is 1.98. The summed E-state index contributed by atoms with van der Waals surface area (Å²) in [5, 5.41) is 3.06. The number of anilines is 1. The summed E-state index contributed by atoms with van der Waals surface area (Å²) >= 11 is 0. The highest BCUT2D eigenvalue weighted by molar-refractivity contribution is 6.20. The van der Waals surface area contributed by atoms with Crippen molar-refractivity contribution in [3.8, 4) is 0 Å². The van der Waals surface area contributed by atoms with Gasteiger partial charge in [-0.25, -0.2) is 0 Å². The van der Waals surface area contributed by atoms with Crippen LogP contribution in [0.2, 0.25) is 0 Å². The number of benzene rings is 1. The van der Waals surface area contributed by atoms with Gasteiger partial charge < -0.3 is 10.3 Å². The van der Waals surface area contributed by atoms with E-state index in [9.17, 15) is 9.59 Å². The normalized spacial score (nSPS) is 15.6. The van der Waals surface area contributed by atoms with Crippen molar-refractivity contribution < 1.29 is 9.59 Å². The van der Waals surface area contributed by atoms with Crippen molar-refractivity contribution in [1.82, 2.24) is 4.98 Å². The number of rotatable bonds is 2. The molecule has 0 unspecified atom stereocenters. The number of Topliss-reactive ketones (excluding diaryl/α,β-unsaturated/α-hetero) is 1. The lowest BCUT2D eigenvalue weighted by Gasteiger charge is -1.96. The molecule has 3 rings (SSSR count). The molecule has 0 bridgehead atoms. The maximum atomic E-state index is 12.1. The molecule has 1 aliphatic rings. The van der Waals surface area contributed by atoms with Gasteiger partial charge in [0, 0.05) is 16.9 Å². The Kier molecular flexibility index (Phi) is 2.34. The van der Waals surface area contributed by atoms with Crippen molar-refractivity contribution in [3.63, 3.8) is 0 Å². The van der Waals surface area contributed by atoms with Crippen LogP contribution in [0, 0.1) is 0 Å². The fraction of sp³-hybridized carbons (Fsp3) is 0. The van der Waals surface area contributed by atoms with Crippen molar-refractivity contribution in [2.45, 2.75) is 0 Å². The third kappa shape index (κ3) is 1.64. The zero-order valence-electron chi connectivity index (χ0n) is 9.44. The number of hydrogen-bond donors (Lipinski definition) is 2. The van der Waals surface area contributed by atoms with Crippen LogP contribution in [-0.4, -0.2) is 17.1 Å². The average Bonchev–Trinajstić information content (AvgIpc) is 2.97. The lowest BCUT2D eigenvalue weighted by Crippen LogP contribution is -1.99. The molecule has 0 aliphatic carbocycles. The highest BCUT2D eigenvalue weighted by atomic mass is 16.1. The van der Waals surface area contributed by atoms with E-state index in [2.05, 4.69) is 10.3 Å². The molecule has 2 N–H and O–H groups in total. The summed E-state index contributed by atoms with van der Waals surface area (Å²) in [6.07, 6.45) is 2.44. The van der Waals surface area contributed by atoms with E-state index in [1.165, 1.54) is 0 Å². The summed E-state index contributed by atoms with van der Waals surface area (Å²) in [7, 11) is 0. The van der Waals surface area contributed by atoms with Crippen molar-refractivity contribution >= 4 is 23.8 Å². The summed E-state index contributed by atoms with van der Waals surface area (Å²) in [4.78, 5) is 25.5. The number of carbonyl (C=O) groups is 2. The van der Waals surface area contributed by atoms with E-state index >= 15 is 0 Å². The minimum atomic E-state index is -0.0344. The second-order valence-electron chi connectivity index (χ2n) is 4.04. The van der Waals surface area contributed by atoms with Crippen LogP contribution in [0.5, 0.6) is 0 Å². The first-order chi connectivity index (χ1) is 8.78. The zero-order valence-corrected chi connectivity index (χ0v) is 9.44. The summed E-state index contributed by atoms with van der Waals surface area (Å²) in [5.74, 6) is -0.0344. The van der Waals surface area contributed by atoms with E-state index < -0.39 is 0 Å². The van der Waals surface area contributed by atoms with Gasteiger partial charge in [-0.15, -0.1) is 0 Å². The van der Waals surface area contributed by atoms with Crippen LogP contribution in [0.3, 0.4) is 0 Å². The van der Waals surface area contributed by atoms with Gasteiger partial charge in [-0.3, -0.25) is 9.59 Å². The molecule has 2 aromatic rings. The lowest BCUT2D eigenvalue weighted by molar-refractivity contribution is 0.104. The van der Waals surface area contributed by atoms with Gasteiger partial charge in [0.25, 0.3) is 0 Å². The number of aromatic nitrogens is 1. The average molecular weight is 238 g/mol. The Bertz CT molecular complexity index is 668. The van der Waals surface area contributed by atoms with Gasteiger partial charge in [0.1, 0.15) is 0 Å². The predicted octanol–water partition coefficient (Wildman–Crippen LogP) is 2.48. The van der Waals surface area contributed by atoms with Crippen LogP contribution in [0.1, 0.15) is 26.5 Å². The molecule has 1 aromatic carbocycles. The summed E-state index contributed by atoms with van der Waals surface area (Å²) < 4.78 is 0. The third-order valence-electron chi connectivity index (χ3n) is 2.84. The predicted molar refractivity (Wildman–Crippen MR) is 68.6 cm³/mol. The number of H-pyrrole nitrogens is 1. The third-order valence-corrected chi connectivity index (χ3v) is 2.84. The molecule has 1 aromatic heterocycles. The maximum Gasteiger partial charge on any atom is 0.211 e. The molecule has 88 valence electrons. The van der Waals surface area contributed by atoms with Gasteiger partial charge in [0.05, 0.1) is 11.4 Å². The fourth-order valence-electron chi connectivity index (χ4n) is 1.98. The highest BCUT2D eigenvalue weighted by Crippen LogP contribution is 2.28. The monoisotopic (exact) mass is 238 g/mol. The van der Waals surface area contributed by atoms with Crippen LogP contribution in [0.4, 0.5) is 5.69 Å². The number of hydrogen-bond acceptors (Lipinski definition) is 3.